The van der Waals surface area contributed by atoms with E-state index in [1.165, 1.54) is 23.3 Å². The minimum absolute atomic E-state index is 0.467. The van der Waals surface area contributed by atoms with Crippen LogP contribution in [0.1, 0.15) is 47.9 Å². The molecule has 0 saturated heterocycles. The van der Waals surface area contributed by atoms with Crippen molar-refractivity contribution in [1.29, 1.82) is 0 Å². The second kappa shape index (κ2) is 10.0. The molecule has 5 aromatic carbocycles. The first-order valence-electron chi connectivity index (χ1n) is 18.9. The summed E-state index contributed by atoms with van der Waals surface area (Å²) in [4.78, 5) is 4.51. The largest absolute Gasteiger partial charge is 0.421 e. The predicted molar refractivity (Wildman–Crippen MR) is 213 cm³/mol. The highest BCUT2D eigenvalue weighted by Crippen LogP contribution is 2.63. The van der Waals surface area contributed by atoms with Crippen molar-refractivity contribution in [3.8, 4) is 0 Å². The van der Waals surface area contributed by atoms with E-state index in [0.717, 1.165) is 93.7 Å². The monoisotopic (exact) mass is 746 g/mol. The Bertz CT molecular complexity index is 2950. The lowest BCUT2D eigenvalue weighted by Crippen LogP contribution is -2.43. The standard InChI is InChI=1S/C44H26B2F6N4/c47-43(48,49)23-17-19-35-29(21-23)38-40-42-37(39-41(38)55(35)45-31-13-5-1-9-25(31)27-11-3-7-15-33(27)53(39)45)30-22-24(44(50,51)52)18-20-36(30)56(42)46-32-14-6-2-10-26(32)28-12-4-8-16-34(28)54(40)46/h3-8,11-22H,1-2,9-10H2. The van der Waals surface area contributed by atoms with E-state index < -0.39 is 37.4 Å². The number of hydrogen-bond acceptors (Lipinski definition) is 2. The number of para-hydroxylation sites is 2. The fourth-order valence-electron chi connectivity index (χ4n) is 11.0. The zero-order valence-corrected chi connectivity index (χ0v) is 29.4. The molecule has 6 heterocycles. The summed E-state index contributed by atoms with van der Waals surface area (Å²) in [5.74, 6) is 0. The smallest absolute Gasteiger partial charge is 0.359 e. The van der Waals surface area contributed by atoms with Gasteiger partial charge in [-0.15, -0.1) is 0 Å². The fourth-order valence-corrected chi connectivity index (χ4v) is 11.0. The average Bonchev–Trinajstić information content (AvgIpc) is 3.93. The fraction of sp³-hybridized carbons (Fsp3) is 0.136. The Kier molecular flexibility index (Phi) is 5.59. The number of hydrogen-bond donors (Lipinski definition) is 0. The molecule has 0 unspecified atom stereocenters. The molecule has 0 saturated carbocycles. The molecule has 12 heteroatoms. The van der Waals surface area contributed by atoms with Crippen LogP contribution < -0.4 is 9.62 Å². The number of allylic oxidation sites excluding steroid dienone is 8. The van der Waals surface area contributed by atoms with Crippen molar-refractivity contribution in [3.05, 3.63) is 142 Å². The van der Waals surface area contributed by atoms with Gasteiger partial charge in [0.1, 0.15) is 0 Å². The molecular weight excluding hydrogens is 720 g/mol. The lowest BCUT2D eigenvalue weighted by molar-refractivity contribution is -0.138. The second-order valence-corrected chi connectivity index (χ2v) is 15.6. The highest BCUT2D eigenvalue weighted by Gasteiger charge is 2.53. The lowest BCUT2D eigenvalue weighted by atomic mass is 9.58. The van der Waals surface area contributed by atoms with Crippen LogP contribution in [0, 0.1) is 0 Å². The quantitative estimate of drug-likeness (QED) is 0.114. The van der Waals surface area contributed by atoms with Crippen LogP contribution in [0.2, 0.25) is 0 Å². The number of aromatic nitrogens is 2. The van der Waals surface area contributed by atoms with Crippen molar-refractivity contribution in [2.24, 2.45) is 0 Å². The molecule has 2 aromatic heterocycles. The van der Waals surface area contributed by atoms with E-state index in [0.29, 0.717) is 32.6 Å². The van der Waals surface area contributed by atoms with Crippen molar-refractivity contribution in [1.82, 2.24) is 8.96 Å². The minimum atomic E-state index is -4.59. The van der Waals surface area contributed by atoms with Crippen LogP contribution in [0.15, 0.2) is 120 Å². The first-order valence-corrected chi connectivity index (χ1v) is 18.9. The van der Waals surface area contributed by atoms with Crippen molar-refractivity contribution in [2.75, 3.05) is 9.62 Å². The zero-order chi connectivity index (χ0) is 37.6. The van der Waals surface area contributed by atoms with Gasteiger partial charge in [0.05, 0.1) is 33.5 Å². The van der Waals surface area contributed by atoms with E-state index in [1.807, 2.05) is 24.3 Å². The Hall–Kier alpha value is -6.03. The van der Waals surface area contributed by atoms with E-state index in [9.17, 15) is 26.3 Å². The summed E-state index contributed by atoms with van der Waals surface area (Å²) in [5, 5.41) is 2.28. The predicted octanol–water partition coefficient (Wildman–Crippen LogP) is 12.2. The number of halogens is 6. The van der Waals surface area contributed by atoms with Gasteiger partial charge in [0.2, 0.25) is 0 Å². The van der Waals surface area contributed by atoms with Gasteiger partial charge >= 0.3 is 26.3 Å². The number of alkyl halides is 6. The summed E-state index contributed by atoms with van der Waals surface area (Å²) < 4.78 is 92.5. The van der Waals surface area contributed by atoms with Gasteiger partial charge in [0.25, 0.3) is 0 Å². The maximum absolute atomic E-state index is 14.7. The van der Waals surface area contributed by atoms with Gasteiger partial charge in [-0.2, -0.15) is 26.3 Å². The minimum Gasteiger partial charge on any atom is -0.359 e. The summed E-state index contributed by atoms with van der Waals surface area (Å²) in [5.41, 5.74) is 11.1. The van der Waals surface area contributed by atoms with Crippen LogP contribution in [0.4, 0.5) is 49.1 Å². The van der Waals surface area contributed by atoms with Crippen molar-refractivity contribution in [2.45, 2.75) is 38.0 Å². The first kappa shape index (κ1) is 31.2. The molecular formula is C44H26B2F6N4. The Morgan fingerprint density at radius 3 is 1.38 bits per heavy atom. The number of anilines is 4. The maximum Gasteiger partial charge on any atom is 0.421 e. The van der Waals surface area contributed by atoms with Gasteiger partial charge in [-0.1, -0.05) is 60.7 Å². The molecule has 4 aliphatic heterocycles. The molecule has 7 aromatic rings. The van der Waals surface area contributed by atoms with Crippen LogP contribution in [0.25, 0.3) is 54.8 Å². The second-order valence-electron chi connectivity index (χ2n) is 15.6. The van der Waals surface area contributed by atoms with Crippen molar-refractivity contribution in [3.63, 3.8) is 0 Å². The molecule has 270 valence electrons. The highest BCUT2D eigenvalue weighted by molar-refractivity contribution is 6.81. The van der Waals surface area contributed by atoms with E-state index in [1.54, 1.807) is 12.1 Å². The molecule has 4 nitrogen and oxygen atoms in total. The van der Waals surface area contributed by atoms with Crippen LogP contribution in [0.5, 0.6) is 0 Å². The van der Waals surface area contributed by atoms with Gasteiger partial charge in [0.15, 0.2) is 0 Å². The molecule has 56 heavy (non-hydrogen) atoms. The van der Waals surface area contributed by atoms with Crippen molar-refractivity contribution >= 4 is 91.5 Å². The summed E-state index contributed by atoms with van der Waals surface area (Å²) >= 11 is 0. The highest BCUT2D eigenvalue weighted by atomic mass is 19.4. The topological polar surface area (TPSA) is 16.3 Å². The SMILES string of the molecule is FC(F)(F)c1ccc2c(c1)c1c3c4c(c5c1n2B1C2=C(CCC=C2)c2ccccc2N15)c1cc(C(F)(F)F)ccc1n4B1C2=C(CCC=C2)c2ccccc2N13. The number of benzene rings is 5. The third kappa shape index (κ3) is 3.58. The summed E-state index contributed by atoms with van der Waals surface area (Å²) in [7, 11) is 0. The molecule has 0 amide bonds. The third-order valence-corrected chi connectivity index (χ3v) is 13.0. The molecule has 2 aliphatic carbocycles. The molecule has 13 rings (SSSR count). The molecule has 0 radical (unpaired) electrons. The molecule has 0 spiro atoms. The number of rotatable bonds is 0. The van der Waals surface area contributed by atoms with Crippen LogP contribution >= 0.6 is 0 Å². The Morgan fingerprint density at radius 1 is 0.518 bits per heavy atom. The summed E-state index contributed by atoms with van der Waals surface area (Å²) in [6.45, 7) is -0.935. The van der Waals surface area contributed by atoms with Crippen molar-refractivity contribution < 1.29 is 26.3 Å². The third-order valence-electron chi connectivity index (χ3n) is 13.0. The Morgan fingerprint density at radius 2 is 0.946 bits per heavy atom. The van der Waals surface area contributed by atoms with E-state index in [2.05, 4.69) is 67.1 Å². The summed E-state index contributed by atoms with van der Waals surface area (Å²) in [6.07, 6.45) is 2.68. The van der Waals surface area contributed by atoms with Gasteiger partial charge < -0.3 is 18.6 Å². The zero-order valence-electron chi connectivity index (χ0n) is 29.4. The van der Waals surface area contributed by atoms with Gasteiger partial charge in [-0.05, 0) is 107 Å². The lowest BCUT2D eigenvalue weighted by Gasteiger charge is -2.37. The van der Waals surface area contributed by atoms with Crippen LogP contribution in [-0.4, -0.2) is 22.9 Å². The summed E-state index contributed by atoms with van der Waals surface area (Å²) in [6, 6.07) is 24.4. The average molecular weight is 746 g/mol. The van der Waals surface area contributed by atoms with Crippen LogP contribution in [0.3, 0.4) is 0 Å². The molecule has 6 aliphatic rings. The molecule has 0 atom stereocenters. The van der Waals surface area contributed by atoms with Gasteiger partial charge in [-0.3, -0.25) is 0 Å². The molecule has 0 N–H and O–H groups in total. The number of fused-ring (bicyclic) bond motifs is 22. The Balaban J connectivity index is 1.29. The van der Waals surface area contributed by atoms with E-state index in [-0.39, 0.29) is 0 Å². The molecule has 0 bridgehead atoms. The molecule has 0 fully saturated rings. The number of nitrogens with zero attached hydrogens (tertiary/aromatic N) is 4. The maximum atomic E-state index is 14.7. The normalized spacial score (nSPS) is 17.8. The van der Waals surface area contributed by atoms with Crippen LogP contribution in [-0.2, 0) is 12.4 Å². The first-order chi connectivity index (χ1) is 27.1. The van der Waals surface area contributed by atoms with E-state index >= 15 is 0 Å². The van der Waals surface area contributed by atoms with Gasteiger partial charge in [-0.25, -0.2) is 0 Å². The Labute approximate surface area is 316 Å². The van der Waals surface area contributed by atoms with E-state index in [4.69, 9.17) is 0 Å². The van der Waals surface area contributed by atoms with Gasteiger partial charge in [0, 0.05) is 44.0 Å².